The molecule has 0 saturated carbocycles. The van der Waals surface area contributed by atoms with Crippen LogP contribution in [0.2, 0.25) is 0 Å². The van der Waals surface area contributed by atoms with E-state index in [0.717, 1.165) is 24.3 Å². The molecule has 0 aliphatic heterocycles. The van der Waals surface area contributed by atoms with Gasteiger partial charge in [-0.05, 0) is 37.5 Å². The molecule has 2 nitrogen and oxygen atoms in total. The third-order valence-electron chi connectivity index (χ3n) is 3.21. The number of amides is 1. The van der Waals surface area contributed by atoms with E-state index in [-0.39, 0.29) is 11.2 Å². The minimum Gasteiger partial charge on any atom is -0.355 e. The number of rotatable bonds is 7. The van der Waals surface area contributed by atoms with Crippen LogP contribution in [0.15, 0.2) is 65.6 Å². The second kappa shape index (κ2) is 8.53. The van der Waals surface area contributed by atoms with Crippen molar-refractivity contribution in [3.05, 3.63) is 66.2 Å². The molecule has 1 atom stereocenters. The van der Waals surface area contributed by atoms with Crippen LogP contribution in [0.5, 0.6) is 0 Å². The van der Waals surface area contributed by atoms with Gasteiger partial charge in [-0.15, -0.1) is 11.8 Å². The first-order valence-electron chi connectivity index (χ1n) is 7.29. The molecule has 0 fully saturated rings. The highest BCUT2D eigenvalue weighted by atomic mass is 32.2. The van der Waals surface area contributed by atoms with Gasteiger partial charge < -0.3 is 5.32 Å². The van der Waals surface area contributed by atoms with Gasteiger partial charge in [0.1, 0.15) is 0 Å². The molecular weight excluding hydrogens is 278 g/mol. The van der Waals surface area contributed by atoms with Crippen molar-refractivity contribution in [3.8, 4) is 0 Å². The maximum absolute atomic E-state index is 12.0. The van der Waals surface area contributed by atoms with Crippen LogP contribution in [0.1, 0.15) is 18.9 Å². The third kappa shape index (κ3) is 5.64. The standard InChI is InChI=1S/C18H21NOS/c1-15(21-17-12-6-3-7-13-17)18(20)19-14-8-11-16-9-4-2-5-10-16/h2-7,9-10,12-13,15H,8,11,14H2,1H3,(H,19,20)/t15-/m0/s1. The van der Waals surface area contributed by atoms with E-state index in [2.05, 4.69) is 17.4 Å². The summed E-state index contributed by atoms with van der Waals surface area (Å²) in [6.07, 6.45) is 1.97. The van der Waals surface area contributed by atoms with Gasteiger partial charge in [-0.2, -0.15) is 0 Å². The molecule has 1 N–H and O–H groups in total. The lowest BCUT2D eigenvalue weighted by Gasteiger charge is -2.12. The molecule has 0 aliphatic carbocycles. The lowest BCUT2D eigenvalue weighted by Crippen LogP contribution is -2.31. The minimum atomic E-state index is -0.0656. The van der Waals surface area contributed by atoms with Gasteiger partial charge >= 0.3 is 0 Å². The normalized spacial score (nSPS) is 11.9. The summed E-state index contributed by atoms with van der Waals surface area (Å²) in [4.78, 5) is 13.2. The molecule has 0 radical (unpaired) electrons. The second-order valence-electron chi connectivity index (χ2n) is 4.95. The fourth-order valence-electron chi connectivity index (χ4n) is 2.05. The number of thioether (sulfide) groups is 1. The fraction of sp³-hybridized carbons (Fsp3) is 0.278. The Morgan fingerprint density at radius 2 is 1.67 bits per heavy atom. The largest absolute Gasteiger partial charge is 0.355 e. The Labute approximate surface area is 131 Å². The molecule has 0 aliphatic rings. The third-order valence-corrected chi connectivity index (χ3v) is 4.32. The van der Waals surface area contributed by atoms with Crippen molar-refractivity contribution in [1.82, 2.24) is 5.32 Å². The maximum Gasteiger partial charge on any atom is 0.233 e. The Bertz CT molecular complexity index is 542. The van der Waals surface area contributed by atoms with E-state index in [1.165, 1.54) is 5.56 Å². The number of benzene rings is 2. The number of carbonyl (C=O) groups excluding carboxylic acids is 1. The first-order chi connectivity index (χ1) is 10.3. The predicted octanol–water partition coefficient (Wildman–Crippen LogP) is 3.92. The van der Waals surface area contributed by atoms with E-state index >= 15 is 0 Å². The van der Waals surface area contributed by atoms with Crippen LogP contribution in [0.25, 0.3) is 0 Å². The number of hydrogen-bond acceptors (Lipinski definition) is 2. The summed E-state index contributed by atoms with van der Waals surface area (Å²) in [6.45, 7) is 2.68. The smallest absolute Gasteiger partial charge is 0.233 e. The average molecular weight is 299 g/mol. The van der Waals surface area contributed by atoms with E-state index in [1.807, 2.05) is 55.5 Å². The summed E-state index contributed by atoms with van der Waals surface area (Å²) in [5.41, 5.74) is 1.32. The van der Waals surface area contributed by atoms with Gasteiger partial charge in [0.2, 0.25) is 5.91 Å². The first-order valence-corrected chi connectivity index (χ1v) is 8.17. The fourth-order valence-corrected chi connectivity index (χ4v) is 2.96. The molecule has 0 saturated heterocycles. The van der Waals surface area contributed by atoms with E-state index in [1.54, 1.807) is 11.8 Å². The zero-order chi connectivity index (χ0) is 14.9. The van der Waals surface area contributed by atoms with Crippen LogP contribution in [-0.2, 0) is 11.2 Å². The zero-order valence-electron chi connectivity index (χ0n) is 12.3. The molecule has 0 unspecified atom stereocenters. The molecule has 3 heteroatoms. The topological polar surface area (TPSA) is 29.1 Å². The lowest BCUT2D eigenvalue weighted by molar-refractivity contribution is -0.120. The van der Waals surface area contributed by atoms with Crippen LogP contribution in [0.4, 0.5) is 0 Å². The van der Waals surface area contributed by atoms with Crippen molar-refractivity contribution in [2.75, 3.05) is 6.54 Å². The van der Waals surface area contributed by atoms with Gasteiger partial charge in [0.05, 0.1) is 5.25 Å². The molecule has 0 spiro atoms. The van der Waals surface area contributed by atoms with Crippen molar-refractivity contribution in [1.29, 1.82) is 0 Å². The maximum atomic E-state index is 12.0. The van der Waals surface area contributed by atoms with E-state index in [9.17, 15) is 4.79 Å². The zero-order valence-corrected chi connectivity index (χ0v) is 13.1. The molecule has 2 aromatic carbocycles. The van der Waals surface area contributed by atoms with Crippen molar-refractivity contribution < 1.29 is 4.79 Å². The molecular formula is C18H21NOS. The molecule has 110 valence electrons. The molecule has 1 amide bonds. The summed E-state index contributed by atoms with van der Waals surface area (Å²) in [6, 6.07) is 20.4. The van der Waals surface area contributed by atoms with E-state index < -0.39 is 0 Å². The van der Waals surface area contributed by atoms with Gasteiger partial charge in [-0.3, -0.25) is 4.79 Å². The molecule has 0 bridgehead atoms. The summed E-state index contributed by atoms with van der Waals surface area (Å²) >= 11 is 1.59. The highest BCUT2D eigenvalue weighted by Gasteiger charge is 2.13. The van der Waals surface area contributed by atoms with Crippen LogP contribution >= 0.6 is 11.8 Å². The molecule has 0 aromatic heterocycles. The Kier molecular flexibility index (Phi) is 6.35. The highest BCUT2D eigenvalue weighted by molar-refractivity contribution is 8.00. The molecule has 21 heavy (non-hydrogen) atoms. The van der Waals surface area contributed by atoms with Gasteiger partial charge in [0.25, 0.3) is 0 Å². The molecule has 0 heterocycles. The Balaban J connectivity index is 1.67. The van der Waals surface area contributed by atoms with Crippen molar-refractivity contribution in [2.45, 2.75) is 29.9 Å². The quantitative estimate of drug-likeness (QED) is 0.620. The average Bonchev–Trinajstić information content (AvgIpc) is 2.53. The van der Waals surface area contributed by atoms with Gasteiger partial charge in [-0.25, -0.2) is 0 Å². The SMILES string of the molecule is C[C@H](Sc1ccccc1)C(=O)NCCCc1ccccc1. The van der Waals surface area contributed by atoms with Crippen molar-refractivity contribution in [3.63, 3.8) is 0 Å². The summed E-state index contributed by atoms with van der Waals surface area (Å²) < 4.78 is 0. The number of hydrogen-bond donors (Lipinski definition) is 1. The summed E-state index contributed by atoms with van der Waals surface area (Å²) in [7, 11) is 0. The minimum absolute atomic E-state index is 0.0656. The Hall–Kier alpha value is -1.74. The van der Waals surface area contributed by atoms with Crippen LogP contribution in [-0.4, -0.2) is 17.7 Å². The van der Waals surface area contributed by atoms with Gasteiger partial charge in [0, 0.05) is 11.4 Å². The monoisotopic (exact) mass is 299 g/mol. The highest BCUT2D eigenvalue weighted by Crippen LogP contribution is 2.22. The van der Waals surface area contributed by atoms with E-state index in [0.29, 0.717) is 0 Å². The summed E-state index contributed by atoms with van der Waals surface area (Å²) in [5, 5.41) is 2.95. The Morgan fingerprint density at radius 3 is 2.33 bits per heavy atom. The van der Waals surface area contributed by atoms with Crippen LogP contribution in [0, 0.1) is 0 Å². The van der Waals surface area contributed by atoms with Crippen LogP contribution in [0.3, 0.4) is 0 Å². The van der Waals surface area contributed by atoms with Crippen LogP contribution < -0.4 is 5.32 Å². The predicted molar refractivity (Wildman–Crippen MR) is 89.5 cm³/mol. The van der Waals surface area contributed by atoms with Gasteiger partial charge in [0.15, 0.2) is 0 Å². The number of aryl methyl sites for hydroxylation is 1. The summed E-state index contributed by atoms with van der Waals surface area (Å²) in [5.74, 6) is 0.108. The second-order valence-corrected chi connectivity index (χ2v) is 6.37. The number of carbonyl (C=O) groups is 1. The van der Waals surface area contributed by atoms with Gasteiger partial charge in [-0.1, -0.05) is 48.5 Å². The van der Waals surface area contributed by atoms with Crippen molar-refractivity contribution in [2.24, 2.45) is 0 Å². The van der Waals surface area contributed by atoms with E-state index in [4.69, 9.17) is 0 Å². The lowest BCUT2D eigenvalue weighted by atomic mass is 10.1. The molecule has 2 rings (SSSR count). The first kappa shape index (κ1) is 15.6. The Morgan fingerprint density at radius 1 is 1.05 bits per heavy atom. The molecule has 2 aromatic rings. The van der Waals surface area contributed by atoms with Crippen molar-refractivity contribution >= 4 is 17.7 Å². The number of nitrogens with one attached hydrogen (secondary N) is 1.